The van der Waals surface area contributed by atoms with E-state index in [4.69, 9.17) is 10.5 Å². The maximum absolute atomic E-state index is 12.6. The van der Waals surface area contributed by atoms with Gasteiger partial charge in [0.15, 0.2) is 6.10 Å². The molecule has 7 nitrogen and oxygen atoms in total. The second-order valence-electron chi connectivity index (χ2n) is 4.43. The number of halogens is 1. The number of benzene rings is 1. The van der Waals surface area contributed by atoms with Crippen LogP contribution in [-0.2, 0) is 24.3 Å². The number of carbonyl (C=O) groups excluding carboxylic acids is 1. The number of hydrogen-bond acceptors (Lipinski definition) is 6. The fourth-order valence-electron chi connectivity index (χ4n) is 1.99. The largest absolute Gasteiger partial charge is 0.467 e. The summed E-state index contributed by atoms with van der Waals surface area (Å²) in [4.78, 5) is 11.5. The molecule has 0 spiro atoms. The first-order chi connectivity index (χ1) is 9.86. The number of morpholine rings is 1. The van der Waals surface area contributed by atoms with Crippen molar-refractivity contribution in [2.45, 2.75) is 11.0 Å². The molecule has 1 unspecified atom stereocenters. The van der Waals surface area contributed by atoms with Crippen molar-refractivity contribution in [1.29, 1.82) is 0 Å². The van der Waals surface area contributed by atoms with E-state index in [-0.39, 0.29) is 30.3 Å². The van der Waals surface area contributed by atoms with E-state index in [1.54, 1.807) is 6.07 Å². The number of rotatable bonds is 3. The summed E-state index contributed by atoms with van der Waals surface area (Å²) < 4.78 is 36.9. The molecular formula is C12H15BrN2O5S. The van der Waals surface area contributed by atoms with Gasteiger partial charge in [0.25, 0.3) is 0 Å². The molecule has 1 fully saturated rings. The van der Waals surface area contributed by atoms with Gasteiger partial charge in [0.05, 0.1) is 25.9 Å². The molecule has 0 aliphatic carbocycles. The Balaban J connectivity index is 2.31. The average Bonchev–Trinajstić information content (AvgIpc) is 2.49. The minimum Gasteiger partial charge on any atom is -0.467 e. The van der Waals surface area contributed by atoms with Gasteiger partial charge in [-0.3, -0.25) is 0 Å². The summed E-state index contributed by atoms with van der Waals surface area (Å²) >= 11 is 3.22. The molecule has 1 aromatic carbocycles. The van der Waals surface area contributed by atoms with Crippen LogP contribution in [-0.4, -0.2) is 51.6 Å². The summed E-state index contributed by atoms with van der Waals surface area (Å²) in [7, 11) is -2.57. The van der Waals surface area contributed by atoms with E-state index in [1.165, 1.54) is 23.5 Å². The lowest BCUT2D eigenvalue weighted by atomic mass is 10.3. The molecule has 2 N–H and O–H groups in total. The molecule has 1 heterocycles. The van der Waals surface area contributed by atoms with Crippen LogP contribution in [0, 0.1) is 0 Å². The van der Waals surface area contributed by atoms with Gasteiger partial charge in [0.2, 0.25) is 10.0 Å². The van der Waals surface area contributed by atoms with E-state index in [9.17, 15) is 13.2 Å². The van der Waals surface area contributed by atoms with E-state index in [0.29, 0.717) is 4.47 Å². The SMILES string of the molecule is COC(=O)C1CN(S(=O)(=O)c2cc(Br)ccc2N)CCO1. The Morgan fingerprint density at radius 1 is 1.52 bits per heavy atom. The molecular weight excluding hydrogens is 364 g/mol. The van der Waals surface area contributed by atoms with Crippen LogP contribution in [0.15, 0.2) is 27.6 Å². The number of esters is 1. The van der Waals surface area contributed by atoms with E-state index in [2.05, 4.69) is 20.7 Å². The molecule has 1 aliphatic heterocycles. The van der Waals surface area contributed by atoms with Gasteiger partial charge in [0, 0.05) is 11.0 Å². The second kappa shape index (κ2) is 6.30. The number of nitrogen functional groups attached to an aromatic ring is 1. The standard InChI is InChI=1S/C12H15BrN2O5S/c1-19-12(16)10-7-15(4-5-20-10)21(17,18)11-6-8(13)2-3-9(11)14/h2-3,6,10H,4-5,7,14H2,1H3. The van der Waals surface area contributed by atoms with Gasteiger partial charge in [-0.15, -0.1) is 0 Å². The van der Waals surface area contributed by atoms with Crippen LogP contribution in [0.4, 0.5) is 5.69 Å². The van der Waals surface area contributed by atoms with E-state index >= 15 is 0 Å². The summed E-state index contributed by atoms with van der Waals surface area (Å²) in [6.07, 6.45) is -0.924. The fourth-order valence-corrected chi connectivity index (χ4v) is 4.07. The fraction of sp³-hybridized carbons (Fsp3) is 0.417. The van der Waals surface area contributed by atoms with Crippen molar-refractivity contribution in [3.63, 3.8) is 0 Å². The third-order valence-corrected chi connectivity index (χ3v) is 5.50. The lowest BCUT2D eigenvalue weighted by molar-refractivity contribution is -0.157. The van der Waals surface area contributed by atoms with E-state index < -0.39 is 22.1 Å². The lowest BCUT2D eigenvalue weighted by Crippen LogP contribution is -2.48. The van der Waals surface area contributed by atoms with Crippen molar-refractivity contribution in [3.05, 3.63) is 22.7 Å². The number of nitrogens with zero attached hydrogens (tertiary/aromatic N) is 1. The average molecular weight is 379 g/mol. The maximum atomic E-state index is 12.6. The summed E-state index contributed by atoms with van der Waals surface area (Å²) in [5.41, 5.74) is 5.91. The topological polar surface area (TPSA) is 98.9 Å². The van der Waals surface area contributed by atoms with Gasteiger partial charge >= 0.3 is 5.97 Å². The van der Waals surface area contributed by atoms with E-state index in [1.807, 2.05) is 0 Å². The normalized spacial score (nSPS) is 20.2. The molecule has 2 rings (SSSR count). The zero-order chi connectivity index (χ0) is 15.6. The lowest BCUT2D eigenvalue weighted by Gasteiger charge is -2.30. The minimum atomic E-state index is -3.80. The molecule has 21 heavy (non-hydrogen) atoms. The highest BCUT2D eigenvalue weighted by atomic mass is 79.9. The van der Waals surface area contributed by atoms with Crippen LogP contribution < -0.4 is 5.73 Å². The third-order valence-electron chi connectivity index (χ3n) is 3.09. The van der Waals surface area contributed by atoms with Crippen molar-refractivity contribution >= 4 is 37.6 Å². The second-order valence-corrected chi connectivity index (χ2v) is 7.25. The number of ether oxygens (including phenoxy) is 2. The van der Waals surface area contributed by atoms with Crippen LogP contribution in [0.2, 0.25) is 0 Å². The van der Waals surface area contributed by atoms with Gasteiger partial charge in [-0.05, 0) is 18.2 Å². The highest BCUT2D eigenvalue weighted by Gasteiger charge is 2.35. The monoisotopic (exact) mass is 378 g/mol. The van der Waals surface area contributed by atoms with Gasteiger partial charge in [-0.25, -0.2) is 13.2 Å². The van der Waals surface area contributed by atoms with Gasteiger partial charge < -0.3 is 15.2 Å². The first-order valence-electron chi connectivity index (χ1n) is 6.11. The predicted octanol–water partition coefficient (Wildman–Crippen LogP) is 0.594. The Kier molecular flexibility index (Phi) is 4.87. The summed E-state index contributed by atoms with van der Waals surface area (Å²) in [5.74, 6) is -0.600. The molecule has 1 saturated heterocycles. The third kappa shape index (κ3) is 3.37. The first kappa shape index (κ1) is 16.2. The Labute approximate surface area is 131 Å². The smallest absolute Gasteiger partial charge is 0.336 e. The number of methoxy groups -OCH3 is 1. The van der Waals surface area contributed by atoms with Crippen LogP contribution in [0.3, 0.4) is 0 Å². The van der Waals surface area contributed by atoms with Crippen molar-refractivity contribution in [2.24, 2.45) is 0 Å². The van der Waals surface area contributed by atoms with Gasteiger partial charge in [0.1, 0.15) is 4.90 Å². The Hall–Kier alpha value is -1.16. The highest BCUT2D eigenvalue weighted by Crippen LogP contribution is 2.27. The van der Waals surface area contributed by atoms with Crippen molar-refractivity contribution in [1.82, 2.24) is 4.31 Å². The Bertz CT molecular complexity index is 649. The highest BCUT2D eigenvalue weighted by molar-refractivity contribution is 9.10. The van der Waals surface area contributed by atoms with Gasteiger partial charge in [-0.2, -0.15) is 4.31 Å². The quantitative estimate of drug-likeness (QED) is 0.610. The predicted molar refractivity (Wildman–Crippen MR) is 79.1 cm³/mol. The molecule has 1 aromatic rings. The molecule has 1 atom stereocenters. The molecule has 0 amide bonds. The first-order valence-corrected chi connectivity index (χ1v) is 8.34. The molecule has 1 aliphatic rings. The molecule has 0 saturated carbocycles. The van der Waals surface area contributed by atoms with Crippen molar-refractivity contribution < 1.29 is 22.7 Å². The number of anilines is 1. The molecule has 116 valence electrons. The van der Waals surface area contributed by atoms with Crippen LogP contribution in [0.25, 0.3) is 0 Å². The van der Waals surface area contributed by atoms with Crippen molar-refractivity contribution in [3.8, 4) is 0 Å². The Morgan fingerprint density at radius 3 is 2.90 bits per heavy atom. The summed E-state index contributed by atoms with van der Waals surface area (Å²) in [6, 6.07) is 4.60. The van der Waals surface area contributed by atoms with Crippen LogP contribution in [0.5, 0.6) is 0 Å². The van der Waals surface area contributed by atoms with Crippen LogP contribution in [0.1, 0.15) is 0 Å². The number of carbonyl (C=O) groups is 1. The minimum absolute atomic E-state index is 0.00221. The molecule has 0 aromatic heterocycles. The number of nitrogens with two attached hydrogens (primary N) is 1. The van der Waals surface area contributed by atoms with Crippen LogP contribution >= 0.6 is 15.9 Å². The Morgan fingerprint density at radius 2 is 2.24 bits per heavy atom. The van der Waals surface area contributed by atoms with E-state index in [0.717, 1.165) is 0 Å². The summed E-state index contributed by atoms with van der Waals surface area (Å²) in [5, 5.41) is 0. The zero-order valence-corrected chi connectivity index (χ0v) is 13.7. The van der Waals surface area contributed by atoms with Crippen molar-refractivity contribution in [2.75, 3.05) is 32.5 Å². The molecule has 0 bridgehead atoms. The molecule has 9 heteroatoms. The number of sulfonamides is 1. The summed E-state index contributed by atoms with van der Waals surface area (Å²) in [6.45, 7) is 0.176. The molecule has 0 radical (unpaired) electrons. The van der Waals surface area contributed by atoms with Gasteiger partial charge in [-0.1, -0.05) is 15.9 Å². The zero-order valence-electron chi connectivity index (χ0n) is 11.3. The number of hydrogen-bond donors (Lipinski definition) is 1. The maximum Gasteiger partial charge on any atom is 0.336 e.